The van der Waals surface area contributed by atoms with Gasteiger partial charge in [-0.3, -0.25) is 4.79 Å². The van der Waals surface area contributed by atoms with Crippen LogP contribution < -0.4 is 10.1 Å². The number of amides is 1. The Kier molecular flexibility index (Phi) is 4.27. The first kappa shape index (κ1) is 14.4. The van der Waals surface area contributed by atoms with Gasteiger partial charge < -0.3 is 15.2 Å². The highest BCUT2D eigenvalue weighted by Crippen LogP contribution is 2.32. The Hall–Kier alpha value is -2.04. The lowest BCUT2D eigenvalue weighted by molar-refractivity contribution is -0.142. The molecule has 5 nitrogen and oxygen atoms in total. The van der Waals surface area contributed by atoms with Crippen molar-refractivity contribution in [1.29, 1.82) is 0 Å². The molecule has 1 fully saturated rings. The highest BCUT2D eigenvalue weighted by atomic mass is 16.5. The van der Waals surface area contributed by atoms with E-state index >= 15 is 0 Å². The van der Waals surface area contributed by atoms with Crippen LogP contribution in [-0.4, -0.2) is 30.1 Å². The Balaban J connectivity index is 1.98. The van der Waals surface area contributed by atoms with E-state index in [0.717, 1.165) is 29.7 Å². The number of carbonyl (C=O) groups is 2. The number of nitrogens with one attached hydrogen (secondary N) is 1. The highest BCUT2D eigenvalue weighted by molar-refractivity contribution is 5.85. The molecule has 0 aromatic heterocycles. The lowest BCUT2D eigenvalue weighted by atomic mass is 10.1. The number of ether oxygens (including phenoxy) is 1. The van der Waals surface area contributed by atoms with Crippen molar-refractivity contribution in [2.24, 2.45) is 5.92 Å². The minimum absolute atomic E-state index is 0.0870. The van der Waals surface area contributed by atoms with Crippen LogP contribution in [0.15, 0.2) is 18.2 Å². The van der Waals surface area contributed by atoms with E-state index in [4.69, 9.17) is 9.84 Å². The zero-order valence-electron chi connectivity index (χ0n) is 11.7. The van der Waals surface area contributed by atoms with Gasteiger partial charge in [-0.2, -0.15) is 0 Å². The van der Waals surface area contributed by atoms with Crippen molar-refractivity contribution >= 4 is 11.9 Å². The van der Waals surface area contributed by atoms with Crippen LogP contribution in [0.4, 0.5) is 0 Å². The van der Waals surface area contributed by atoms with Gasteiger partial charge in [0.1, 0.15) is 11.8 Å². The van der Waals surface area contributed by atoms with Crippen LogP contribution in [0.25, 0.3) is 0 Å². The summed E-state index contributed by atoms with van der Waals surface area (Å²) in [5.74, 6) is -0.408. The van der Waals surface area contributed by atoms with Crippen LogP contribution >= 0.6 is 0 Å². The molecule has 0 saturated heterocycles. The summed E-state index contributed by atoms with van der Waals surface area (Å²) in [5.41, 5.74) is 1.81. The zero-order chi connectivity index (χ0) is 14.7. The Morgan fingerprint density at radius 2 is 2.15 bits per heavy atom. The van der Waals surface area contributed by atoms with E-state index in [1.54, 1.807) is 7.11 Å². The summed E-state index contributed by atoms with van der Waals surface area (Å²) in [5, 5.41) is 11.7. The fraction of sp³-hybridized carbons (Fsp3) is 0.467. The Bertz CT molecular complexity index is 523. The summed E-state index contributed by atoms with van der Waals surface area (Å²) < 4.78 is 5.21. The molecule has 20 heavy (non-hydrogen) atoms. The topological polar surface area (TPSA) is 75.6 Å². The average molecular weight is 277 g/mol. The zero-order valence-corrected chi connectivity index (χ0v) is 11.7. The van der Waals surface area contributed by atoms with Crippen molar-refractivity contribution < 1.29 is 19.4 Å². The third kappa shape index (κ3) is 3.50. The van der Waals surface area contributed by atoms with Gasteiger partial charge in [-0.05, 0) is 42.9 Å². The number of hydrogen-bond acceptors (Lipinski definition) is 3. The van der Waals surface area contributed by atoms with Crippen LogP contribution in [0.5, 0.6) is 5.75 Å². The number of benzene rings is 1. The fourth-order valence-electron chi connectivity index (χ4n) is 2.20. The Labute approximate surface area is 117 Å². The summed E-state index contributed by atoms with van der Waals surface area (Å²) in [6.45, 7) is 1.93. The molecule has 1 atom stereocenters. The number of carboxylic acid groups (broad SMARTS) is 1. The van der Waals surface area contributed by atoms with Crippen LogP contribution in [-0.2, 0) is 16.0 Å². The normalized spacial score (nSPS) is 15.5. The smallest absolute Gasteiger partial charge is 0.326 e. The van der Waals surface area contributed by atoms with Crippen LogP contribution in [0, 0.1) is 12.8 Å². The highest BCUT2D eigenvalue weighted by Gasteiger charge is 2.37. The molecule has 1 aromatic rings. The molecule has 5 heteroatoms. The summed E-state index contributed by atoms with van der Waals surface area (Å²) in [4.78, 5) is 23.0. The number of rotatable bonds is 6. The maximum absolute atomic E-state index is 11.9. The first-order valence-corrected chi connectivity index (χ1v) is 6.67. The third-order valence-corrected chi connectivity index (χ3v) is 3.51. The maximum atomic E-state index is 11.9. The van der Waals surface area contributed by atoms with Gasteiger partial charge in [0.2, 0.25) is 5.91 Å². The van der Waals surface area contributed by atoms with E-state index in [0.29, 0.717) is 0 Å². The van der Waals surface area contributed by atoms with Crippen molar-refractivity contribution in [3.8, 4) is 5.75 Å². The van der Waals surface area contributed by atoms with Crippen molar-refractivity contribution in [3.05, 3.63) is 29.3 Å². The monoisotopic (exact) mass is 277 g/mol. The van der Waals surface area contributed by atoms with E-state index in [1.807, 2.05) is 25.1 Å². The molecule has 0 aliphatic heterocycles. The van der Waals surface area contributed by atoms with E-state index in [-0.39, 0.29) is 18.2 Å². The number of aliphatic carboxylic acids is 1. The molecule has 1 unspecified atom stereocenters. The van der Waals surface area contributed by atoms with Crippen molar-refractivity contribution in [2.75, 3.05) is 7.11 Å². The largest absolute Gasteiger partial charge is 0.496 e. The van der Waals surface area contributed by atoms with Crippen molar-refractivity contribution in [1.82, 2.24) is 5.32 Å². The molecule has 108 valence electrons. The first-order chi connectivity index (χ1) is 9.51. The first-order valence-electron chi connectivity index (χ1n) is 6.67. The predicted octanol–water partition coefficient (Wildman–Crippen LogP) is 1.53. The lowest BCUT2D eigenvalue weighted by Gasteiger charge is -2.14. The fourth-order valence-corrected chi connectivity index (χ4v) is 2.20. The van der Waals surface area contributed by atoms with Gasteiger partial charge in [0.15, 0.2) is 0 Å². The van der Waals surface area contributed by atoms with Gasteiger partial charge >= 0.3 is 5.97 Å². The Morgan fingerprint density at radius 1 is 1.45 bits per heavy atom. The van der Waals surface area contributed by atoms with E-state index in [9.17, 15) is 9.59 Å². The van der Waals surface area contributed by atoms with Crippen LogP contribution in [0.3, 0.4) is 0 Å². The molecule has 0 heterocycles. The number of aryl methyl sites for hydroxylation is 1. The number of hydrogen-bond donors (Lipinski definition) is 2. The average Bonchev–Trinajstić information content (AvgIpc) is 3.22. The molecule has 1 amide bonds. The molecule has 1 saturated carbocycles. The molecule has 0 bridgehead atoms. The molecular formula is C15H19NO4. The second-order valence-corrected chi connectivity index (χ2v) is 5.20. The van der Waals surface area contributed by atoms with Crippen LogP contribution in [0.2, 0.25) is 0 Å². The minimum atomic E-state index is -0.956. The Morgan fingerprint density at radius 3 is 2.70 bits per heavy atom. The third-order valence-electron chi connectivity index (χ3n) is 3.51. The van der Waals surface area contributed by atoms with Crippen molar-refractivity contribution in [2.45, 2.75) is 32.2 Å². The molecule has 0 radical (unpaired) electrons. The van der Waals surface area contributed by atoms with Gasteiger partial charge in [0, 0.05) is 0 Å². The number of carbonyl (C=O) groups excluding carboxylic acids is 1. The standard InChI is InChI=1S/C15H19NO4/c1-9-3-4-10(7-12(9)20-2)8-13(17)16-14(15(18)19)11-5-6-11/h3-4,7,11,14H,5-6,8H2,1-2H3,(H,16,17)(H,18,19). The summed E-state index contributed by atoms with van der Waals surface area (Å²) in [6, 6.07) is 4.79. The SMILES string of the molecule is COc1cc(CC(=O)NC(C(=O)O)C2CC2)ccc1C. The second-order valence-electron chi connectivity index (χ2n) is 5.20. The van der Waals surface area contributed by atoms with E-state index in [2.05, 4.69) is 5.32 Å². The number of carboxylic acids is 1. The van der Waals surface area contributed by atoms with Gasteiger partial charge in [-0.25, -0.2) is 4.79 Å². The van der Waals surface area contributed by atoms with Gasteiger partial charge in [-0.1, -0.05) is 12.1 Å². The van der Waals surface area contributed by atoms with Gasteiger partial charge in [-0.15, -0.1) is 0 Å². The van der Waals surface area contributed by atoms with E-state index in [1.165, 1.54) is 0 Å². The quantitative estimate of drug-likeness (QED) is 0.826. The lowest BCUT2D eigenvalue weighted by Crippen LogP contribution is -2.43. The molecule has 1 aliphatic rings. The maximum Gasteiger partial charge on any atom is 0.326 e. The molecule has 2 rings (SSSR count). The summed E-state index contributed by atoms with van der Waals surface area (Å²) in [6.07, 6.45) is 1.90. The summed E-state index contributed by atoms with van der Waals surface area (Å²) in [7, 11) is 1.58. The van der Waals surface area contributed by atoms with Crippen molar-refractivity contribution in [3.63, 3.8) is 0 Å². The summed E-state index contributed by atoms with van der Waals surface area (Å²) >= 11 is 0. The molecular weight excluding hydrogens is 258 g/mol. The molecule has 0 spiro atoms. The second kappa shape index (κ2) is 5.94. The minimum Gasteiger partial charge on any atom is -0.496 e. The molecule has 1 aliphatic carbocycles. The van der Waals surface area contributed by atoms with Gasteiger partial charge in [0.05, 0.1) is 13.5 Å². The molecule has 1 aromatic carbocycles. The van der Waals surface area contributed by atoms with Crippen LogP contribution in [0.1, 0.15) is 24.0 Å². The number of methoxy groups -OCH3 is 1. The predicted molar refractivity (Wildman–Crippen MR) is 73.7 cm³/mol. The van der Waals surface area contributed by atoms with Gasteiger partial charge in [0.25, 0.3) is 0 Å². The van der Waals surface area contributed by atoms with E-state index < -0.39 is 12.0 Å². The molecule has 2 N–H and O–H groups in total.